The Morgan fingerprint density at radius 1 is 0.372 bits per heavy atom. The first-order valence-electron chi connectivity index (χ1n) is 13.8. The molecular formula is C36H22N4OS2. The Morgan fingerprint density at radius 2 is 0.767 bits per heavy atom. The van der Waals surface area contributed by atoms with E-state index in [0.717, 1.165) is 53.8 Å². The monoisotopic (exact) mass is 590 g/mol. The van der Waals surface area contributed by atoms with Gasteiger partial charge in [-0.3, -0.25) is 0 Å². The molecule has 0 amide bonds. The third-order valence-corrected chi connectivity index (χ3v) is 9.34. The van der Waals surface area contributed by atoms with Crippen LogP contribution >= 0.6 is 22.7 Å². The highest BCUT2D eigenvalue weighted by molar-refractivity contribution is 7.18. The van der Waals surface area contributed by atoms with Crippen molar-refractivity contribution in [1.29, 1.82) is 0 Å². The van der Waals surface area contributed by atoms with Gasteiger partial charge in [-0.1, -0.05) is 108 Å². The molecule has 0 N–H and O–H groups in total. The smallest absolute Gasteiger partial charge is 0.148 e. The number of aromatic nitrogens is 4. The van der Waals surface area contributed by atoms with Crippen molar-refractivity contribution in [2.24, 2.45) is 0 Å². The average molecular weight is 591 g/mol. The van der Waals surface area contributed by atoms with Gasteiger partial charge in [-0.05, 0) is 70.1 Å². The molecule has 0 aliphatic heterocycles. The maximum absolute atomic E-state index is 6.14. The van der Waals surface area contributed by atoms with Gasteiger partial charge in [-0.25, -0.2) is 0 Å². The predicted octanol–water partition coefficient (Wildman–Crippen LogP) is 10.2. The minimum Gasteiger partial charge on any atom is -0.457 e. The summed E-state index contributed by atoms with van der Waals surface area (Å²) in [6.07, 6.45) is 0. The van der Waals surface area contributed by atoms with Crippen LogP contribution in [0.1, 0.15) is 0 Å². The van der Waals surface area contributed by atoms with E-state index < -0.39 is 0 Å². The van der Waals surface area contributed by atoms with Gasteiger partial charge in [0.15, 0.2) is 0 Å². The maximum Gasteiger partial charge on any atom is 0.148 e. The van der Waals surface area contributed by atoms with E-state index >= 15 is 0 Å². The van der Waals surface area contributed by atoms with Gasteiger partial charge < -0.3 is 4.74 Å². The molecule has 0 atom stereocenters. The van der Waals surface area contributed by atoms with Crippen molar-refractivity contribution in [2.45, 2.75) is 0 Å². The second-order valence-corrected chi connectivity index (χ2v) is 12.0. The minimum atomic E-state index is 0.754. The fourth-order valence-electron chi connectivity index (χ4n) is 5.19. The third-order valence-electron chi connectivity index (χ3n) is 7.33. The van der Waals surface area contributed by atoms with Crippen LogP contribution < -0.4 is 4.74 Å². The number of nitrogens with zero attached hydrogens (tertiary/aromatic N) is 4. The Hall–Kier alpha value is -5.24. The van der Waals surface area contributed by atoms with E-state index in [4.69, 9.17) is 4.74 Å². The highest BCUT2D eigenvalue weighted by Crippen LogP contribution is 2.37. The summed E-state index contributed by atoms with van der Waals surface area (Å²) in [7, 11) is 0. The summed E-state index contributed by atoms with van der Waals surface area (Å²) in [4.78, 5) is 0. The van der Waals surface area contributed by atoms with Crippen molar-refractivity contribution in [3.8, 4) is 53.8 Å². The molecule has 7 heteroatoms. The third kappa shape index (κ3) is 4.95. The Bertz CT molecular complexity index is 2050. The molecule has 0 saturated heterocycles. The van der Waals surface area contributed by atoms with Crippen molar-refractivity contribution in [2.75, 3.05) is 0 Å². The van der Waals surface area contributed by atoms with E-state index in [-0.39, 0.29) is 0 Å². The van der Waals surface area contributed by atoms with Crippen LogP contribution in [0.3, 0.4) is 0 Å². The highest BCUT2D eigenvalue weighted by atomic mass is 32.1. The van der Waals surface area contributed by atoms with Crippen LogP contribution in [0.15, 0.2) is 133 Å². The molecule has 0 aliphatic carbocycles. The van der Waals surface area contributed by atoms with Gasteiger partial charge in [0.2, 0.25) is 0 Å². The topological polar surface area (TPSA) is 60.8 Å². The number of hydrogen-bond acceptors (Lipinski definition) is 7. The zero-order chi connectivity index (χ0) is 28.6. The van der Waals surface area contributed by atoms with Crippen molar-refractivity contribution >= 4 is 44.2 Å². The molecule has 2 aromatic heterocycles. The lowest BCUT2D eigenvalue weighted by atomic mass is 10.1. The second-order valence-electron chi connectivity index (χ2n) is 10.0. The van der Waals surface area contributed by atoms with Gasteiger partial charge >= 0.3 is 0 Å². The van der Waals surface area contributed by atoms with Crippen molar-refractivity contribution < 1.29 is 4.74 Å². The quantitative estimate of drug-likeness (QED) is 0.193. The van der Waals surface area contributed by atoms with Crippen molar-refractivity contribution in [3.05, 3.63) is 133 Å². The normalized spacial score (nSPS) is 11.3. The van der Waals surface area contributed by atoms with Crippen LogP contribution in [0.25, 0.3) is 63.8 Å². The first-order valence-corrected chi connectivity index (χ1v) is 15.4. The number of rotatable bonds is 6. The van der Waals surface area contributed by atoms with Crippen LogP contribution in [0.4, 0.5) is 0 Å². The summed E-state index contributed by atoms with van der Waals surface area (Å²) in [6.45, 7) is 0. The lowest BCUT2D eigenvalue weighted by Gasteiger charge is -2.06. The van der Waals surface area contributed by atoms with Crippen LogP contribution in [-0.4, -0.2) is 20.4 Å². The Kier molecular flexibility index (Phi) is 6.44. The summed E-state index contributed by atoms with van der Waals surface area (Å²) >= 11 is 3.18. The SMILES string of the molecule is c1ccc2c(-c3nnc(-c4ccc(Oc5ccc(-c6nnc(-c7cccc8ccccc78)s6)cc5)cc4)s3)cccc2c1. The first kappa shape index (κ1) is 25.5. The molecule has 5 nitrogen and oxygen atoms in total. The van der Waals surface area contributed by atoms with E-state index in [2.05, 4.69) is 105 Å². The van der Waals surface area contributed by atoms with Gasteiger partial charge in [-0.2, -0.15) is 0 Å². The molecule has 43 heavy (non-hydrogen) atoms. The van der Waals surface area contributed by atoms with E-state index in [1.165, 1.54) is 21.5 Å². The summed E-state index contributed by atoms with van der Waals surface area (Å²) in [5.74, 6) is 1.51. The van der Waals surface area contributed by atoms with Crippen molar-refractivity contribution in [1.82, 2.24) is 20.4 Å². The fraction of sp³-hybridized carbons (Fsp3) is 0. The molecule has 6 aromatic carbocycles. The highest BCUT2D eigenvalue weighted by Gasteiger charge is 2.13. The number of fused-ring (bicyclic) bond motifs is 2. The van der Waals surface area contributed by atoms with E-state index in [1.807, 2.05) is 48.5 Å². The Morgan fingerprint density at radius 3 is 1.23 bits per heavy atom. The van der Waals surface area contributed by atoms with Gasteiger partial charge in [0.25, 0.3) is 0 Å². The summed E-state index contributed by atoms with van der Waals surface area (Å²) in [5, 5.41) is 26.3. The molecule has 0 spiro atoms. The molecule has 0 fully saturated rings. The molecule has 0 bridgehead atoms. The first-order chi connectivity index (χ1) is 21.3. The van der Waals surface area contributed by atoms with Gasteiger partial charge in [0.05, 0.1) is 0 Å². The summed E-state index contributed by atoms with van der Waals surface area (Å²) < 4.78 is 6.14. The number of hydrogen-bond donors (Lipinski definition) is 0. The molecule has 2 heterocycles. The van der Waals surface area contributed by atoms with Crippen molar-refractivity contribution in [3.63, 3.8) is 0 Å². The maximum atomic E-state index is 6.14. The van der Waals surface area contributed by atoms with E-state index in [0.29, 0.717) is 0 Å². The van der Waals surface area contributed by atoms with E-state index in [1.54, 1.807) is 22.7 Å². The summed E-state index contributed by atoms with van der Waals surface area (Å²) in [6, 6.07) is 45.2. The molecule has 0 unspecified atom stereocenters. The zero-order valence-corrected chi connectivity index (χ0v) is 24.3. The number of ether oxygens (including phenoxy) is 1. The second kappa shape index (κ2) is 10.9. The molecule has 0 saturated carbocycles. The molecule has 204 valence electrons. The molecule has 0 radical (unpaired) electrons. The van der Waals surface area contributed by atoms with Gasteiger partial charge in [-0.15, -0.1) is 20.4 Å². The van der Waals surface area contributed by atoms with Gasteiger partial charge in [0, 0.05) is 22.3 Å². The fourth-order valence-corrected chi connectivity index (χ4v) is 6.97. The predicted molar refractivity (Wildman–Crippen MR) is 177 cm³/mol. The molecular weight excluding hydrogens is 569 g/mol. The van der Waals surface area contributed by atoms with E-state index in [9.17, 15) is 0 Å². The minimum absolute atomic E-state index is 0.754. The largest absolute Gasteiger partial charge is 0.457 e. The molecule has 0 aliphatic rings. The molecule has 8 rings (SSSR count). The van der Waals surface area contributed by atoms with Crippen LogP contribution in [0, 0.1) is 0 Å². The zero-order valence-electron chi connectivity index (χ0n) is 22.7. The lowest BCUT2D eigenvalue weighted by Crippen LogP contribution is -1.85. The Labute approximate surface area is 255 Å². The average Bonchev–Trinajstić information content (AvgIpc) is 3.76. The lowest BCUT2D eigenvalue weighted by molar-refractivity contribution is 0.483. The standard InChI is InChI=1S/C36H22N4OS2/c1-3-11-29-23(7-1)9-5-13-31(29)35-39-37-33(42-35)25-15-19-27(20-16-25)41-28-21-17-26(18-22-28)34-38-40-36(43-34)32-14-6-10-24-8-2-4-12-30(24)32/h1-22H. The molecule has 8 aromatic rings. The number of benzene rings is 6. The van der Waals surface area contributed by atoms with Gasteiger partial charge in [0.1, 0.15) is 31.5 Å². The summed E-state index contributed by atoms with van der Waals surface area (Å²) in [5.41, 5.74) is 4.21. The van der Waals surface area contributed by atoms with Crippen LogP contribution in [0.2, 0.25) is 0 Å². The van der Waals surface area contributed by atoms with Crippen LogP contribution in [0.5, 0.6) is 11.5 Å². The van der Waals surface area contributed by atoms with Crippen LogP contribution in [-0.2, 0) is 0 Å². The Balaban J connectivity index is 0.975.